The summed E-state index contributed by atoms with van der Waals surface area (Å²) in [5.41, 5.74) is 2.35. The van der Waals surface area contributed by atoms with E-state index in [1.165, 1.54) is 5.56 Å². The van der Waals surface area contributed by atoms with Gasteiger partial charge in [-0.2, -0.15) is 0 Å². The van der Waals surface area contributed by atoms with Gasteiger partial charge in [0.15, 0.2) is 0 Å². The molecule has 0 bridgehead atoms. The van der Waals surface area contributed by atoms with Gasteiger partial charge in [-0.15, -0.1) is 0 Å². The van der Waals surface area contributed by atoms with Crippen LogP contribution >= 0.6 is 0 Å². The van der Waals surface area contributed by atoms with Crippen molar-refractivity contribution in [3.8, 4) is 0 Å². The molecule has 1 fully saturated rings. The summed E-state index contributed by atoms with van der Waals surface area (Å²) in [5.74, 6) is 0.532. The molecule has 0 atom stereocenters. The van der Waals surface area contributed by atoms with E-state index in [2.05, 4.69) is 16.3 Å². The summed E-state index contributed by atoms with van der Waals surface area (Å²) in [7, 11) is 4.00. The number of amides is 2. The van der Waals surface area contributed by atoms with Crippen LogP contribution in [0.25, 0.3) is 0 Å². The Morgan fingerprint density at radius 2 is 1.80 bits per heavy atom. The maximum absolute atomic E-state index is 12.9. The van der Waals surface area contributed by atoms with Crippen LogP contribution in [-0.2, 0) is 16.0 Å². The molecule has 1 aromatic carbocycles. The van der Waals surface area contributed by atoms with Gasteiger partial charge in [-0.25, -0.2) is 0 Å². The van der Waals surface area contributed by atoms with Gasteiger partial charge in [0.1, 0.15) is 0 Å². The average Bonchev–Trinajstić information content (AvgIpc) is 3.05. The zero-order valence-corrected chi connectivity index (χ0v) is 15.3. The SMILES string of the molecule is CN(C)CCNC(=O)C1CCC(C(=O)N2CCc3ccccc32)CC1. The molecule has 1 N–H and O–H groups in total. The zero-order valence-electron chi connectivity index (χ0n) is 15.3. The van der Waals surface area contributed by atoms with Crippen molar-refractivity contribution in [1.82, 2.24) is 10.2 Å². The number of nitrogens with zero attached hydrogens (tertiary/aromatic N) is 2. The number of likely N-dealkylation sites (N-methyl/N-ethyl adjacent to an activating group) is 1. The highest BCUT2D eigenvalue weighted by Crippen LogP contribution is 2.34. The lowest BCUT2D eigenvalue weighted by molar-refractivity contribution is -0.129. The molecule has 3 rings (SSSR count). The lowest BCUT2D eigenvalue weighted by atomic mass is 9.81. The highest BCUT2D eigenvalue weighted by Gasteiger charge is 2.34. The number of fused-ring (bicyclic) bond motifs is 1. The highest BCUT2D eigenvalue weighted by atomic mass is 16.2. The van der Waals surface area contributed by atoms with E-state index in [1.54, 1.807) is 0 Å². The third-order valence-corrected chi connectivity index (χ3v) is 5.46. The van der Waals surface area contributed by atoms with E-state index in [0.29, 0.717) is 6.54 Å². The molecule has 25 heavy (non-hydrogen) atoms. The Morgan fingerprint density at radius 1 is 1.12 bits per heavy atom. The lowest BCUT2D eigenvalue weighted by Crippen LogP contribution is -2.40. The molecule has 2 amide bonds. The van der Waals surface area contributed by atoms with Crippen molar-refractivity contribution < 1.29 is 9.59 Å². The second-order valence-corrected chi connectivity index (χ2v) is 7.51. The Kier molecular flexibility index (Phi) is 5.74. The van der Waals surface area contributed by atoms with E-state index in [0.717, 1.165) is 50.9 Å². The molecule has 136 valence electrons. The van der Waals surface area contributed by atoms with Gasteiger partial charge < -0.3 is 15.1 Å². The molecule has 0 aromatic heterocycles. The normalized spacial score (nSPS) is 22.8. The Bertz CT molecular complexity index is 621. The summed E-state index contributed by atoms with van der Waals surface area (Å²) in [4.78, 5) is 29.2. The first-order chi connectivity index (χ1) is 12.1. The second-order valence-electron chi connectivity index (χ2n) is 7.51. The fraction of sp³-hybridized carbons (Fsp3) is 0.600. The zero-order chi connectivity index (χ0) is 17.8. The van der Waals surface area contributed by atoms with Crippen molar-refractivity contribution in [2.75, 3.05) is 38.6 Å². The lowest BCUT2D eigenvalue weighted by Gasteiger charge is -2.30. The number of para-hydroxylation sites is 1. The molecule has 0 saturated heterocycles. The number of hydrogen-bond donors (Lipinski definition) is 1. The minimum Gasteiger partial charge on any atom is -0.355 e. The summed E-state index contributed by atoms with van der Waals surface area (Å²) in [5, 5.41) is 3.02. The topological polar surface area (TPSA) is 52.7 Å². The minimum atomic E-state index is 0.0666. The van der Waals surface area contributed by atoms with Gasteiger partial charge in [-0.05, 0) is 57.8 Å². The molecule has 1 aromatic rings. The van der Waals surface area contributed by atoms with E-state index in [4.69, 9.17) is 0 Å². The number of nitrogens with one attached hydrogen (secondary N) is 1. The summed E-state index contributed by atoms with van der Waals surface area (Å²) in [6.07, 6.45) is 4.23. The number of carbonyl (C=O) groups excluding carboxylic acids is 2. The number of hydrogen-bond acceptors (Lipinski definition) is 3. The van der Waals surface area contributed by atoms with Crippen LogP contribution < -0.4 is 10.2 Å². The van der Waals surface area contributed by atoms with Crippen LogP contribution in [0.1, 0.15) is 31.2 Å². The molecule has 1 aliphatic carbocycles. The quantitative estimate of drug-likeness (QED) is 0.890. The molecule has 0 radical (unpaired) electrons. The van der Waals surface area contributed by atoms with Crippen molar-refractivity contribution >= 4 is 17.5 Å². The standard InChI is InChI=1S/C20H29N3O2/c1-22(2)14-12-21-19(24)16-7-9-17(10-8-16)20(25)23-13-11-15-5-3-4-6-18(15)23/h3-6,16-17H,7-14H2,1-2H3,(H,21,24). The van der Waals surface area contributed by atoms with E-state index in [1.807, 2.05) is 37.2 Å². The van der Waals surface area contributed by atoms with Crippen molar-refractivity contribution in [2.45, 2.75) is 32.1 Å². The van der Waals surface area contributed by atoms with Gasteiger partial charge in [-0.1, -0.05) is 18.2 Å². The molecule has 1 aliphatic heterocycles. The maximum atomic E-state index is 12.9. The van der Waals surface area contributed by atoms with Crippen LogP contribution in [-0.4, -0.2) is 50.4 Å². The molecule has 0 spiro atoms. The Morgan fingerprint density at radius 3 is 2.52 bits per heavy atom. The van der Waals surface area contributed by atoms with Crippen LogP contribution in [0, 0.1) is 11.8 Å². The third kappa shape index (κ3) is 4.21. The largest absolute Gasteiger partial charge is 0.355 e. The Labute approximate surface area is 150 Å². The van der Waals surface area contributed by atoms with Crippen molar-refractivity contribution in [1.29, 1.82) is 0 Å². The summed E-state index contributed by atoms with van der Waals surface area (Å²) in [6.45, 7) is 2.34. The Hall–Kier alpha value is -1.88. The fourth-order valence-electron chi connectivity index (χ4n) is 3.94. The average molecular weight is 343 g/mol. The van der Waals surface area contributed by atoms with Gasteiger partial charge in [0.25, 0.3) is 0 Å². The van der Waals surface area contributed by atoms with Crippen molar-refractivity contribution in [2.24, 2.45) is 11.8 Å². The predicted molar refractivity (Wildman–Crippen MR) is 99.5 cm³/mol. The Balaban J connectivity index is 1.49. The molecule has 1 heterocycles. The summed E-state index contributed by atoms with van der Waals surface area (Å²) in [6, 6.07) is 8.19. The molecular formula is C20H29N3O2. The van der Waals surface area contributed by atoms with E-state index in [9.17, 15) is 9.59 Å². The minimum absolute atomic E-state index is 0.0666. The van der Waals surface area contributed by atoms with Gasteiger partial charge >= 0.3 is 0 Å². The first-order valence-corrected chi connectivity index (χ1v) is 9.38. The van der Waals surface area contributed by atoms with Crippen molar-refractivity contribution in [3.05, 3.63) is 29.8 Å². The number of anilines is 1. The molecule has 5 heteroatoms. The smallest absolute Gasteiger partial charge is 0.230 e. The van der Waals surface area contributed by atoms with Crippen molar-refractivity contribution in [3.63, 3.8) is 0 Å². The number of benzene rings is 1. The predicted octanol–water partition coefficient (Wildman–Crippen LogP) is 2.06. The monoisotopic (exact) mass is 343 g/mol. The fourth-order valence-corrected chi connectivity index (χ4v) is 3.94. The van der Waals surface area contributed by atoms with Gasteiger partial charge in [0, 0.05) is 37.2 Å². The van der Waals surface area contributed by atoms with E-state index in [-0.39, 0.29) is 23.7 Å². The molecule has 2 aliphatic rings. The molecular weight excluding hydrogens is 314 g/mol. The van der Waals surface area contributed by atoms with Gasteiger partial charge in [0.05, 0.1) is 0 Å². The molecule has 0 unspecified atom stereocenters. The van der Waals surface area contributed by atoms with Crippen LogP contribution in [0.2, 0.25) is 0 Å². The first-order valence-electron chi connectivity index (χ1n) is 9.38. The second kappa shape index (κ2) is 8.00. The summed E-state index contributed by atoms with van der Waals surface area (Å²) < 4.78 is 0. The number of rotatable bonds is 5. The van der Waals surface area contributed by atoms with Crippen LogP contribution in [0.5, 0.6) is 0 Å². The van der Waals surface area contributed by atoms with Crippen LogP contribution in [0.4, 0.5) is 5.69 Å². The number of carbonyl (C=O) groups is 2. The molecule has 5 nitrogen and oxygen atoms in total. The maximum Gasteiger partial charge on any atom is 0.230 e. The third-order valence-electron chi connectivity index (χ3n) is 5.46. The van der Waals surface area contributed by atoms with E-state index >= 15 is 0 Å². The van der Waals surface area contributed by atoms with Crippen LogP contribution in [0.15, 0.2) is 24.3 Å². The van der Waals surface area contributed by atoms with Gasteiger partial charge in [-0.3, -0.25) is 9.59 Å². The van der Waals surface area contributed by atoms with Gasteiger partial charge in [0.2, 0.25) is 11.8 Å². The van der Waals surface area contributed by atoms with Crippen LogP contribution in [0.3, 0.4) is 0 Å². The summed E-state index contributed by atoms with van der Waals surface area (Å²) >= 11 is 0. The van der Waals surface area contributed by atoms with E-state index < -0.39 is 0 Å². The highest BCUT2D eigenvalue weighted by molar-refractivity contribution is 5.97. The first kappa shape index (κ1) is 17.9. The molecule has 1 saturated carbocycles.